The molecular weight excluding hydrogens is 330 g/mol. The fraction of sp³-hybridized carbons (Fsp3) is 0.333. The molecule has 0 saturated carbocycles. The maximum Gasteiger partial charge on any atom is 0.308 e. The van der Waals surface area contributed by atoms with E-state index < -0.39 is 17.9 Å². The van der Waals surface area contributed by atoms with Gasteiger partial charge in [0.25, 0.3) is 0 Å². The molecule has 2 aromatic rings. The summed E-state index contributed by atoms with van der Waals surface area (Å²) in [5.41, 5.74) is 1.28. The van der Waals surface area contributed by atoms with Crippen molar-refractivity contribution < 1.29 is 13.9 Å². The van der Waals surface area contributed by atoms with Crippen LogP contribution < -0.4 is 0 Å². The van der Waals surface area contributed by atoms with Crippen LogP contribution in [0.25, 0.3) is 0 Å². The zero-order valence-electron chi connectivity index (χ0n) is 12.1. The van der Waals surface area contributed by atoms with E-state index in [4.69, 9.17) is 27.9 Å². The number of carbonyl (C=O) groups excluding carboxylic acids is 1. The molecule has 0 amide bonds. The average molecular weight is 345 g/mol. The van der Waals surface area contributed by atoms with Crippen molar-refractivity contribution in [3.05, 3.63) is 51.5 Å². The topological polar surface area (TPSA) is 44.1 Å². The van der Waals surface area contributed by atoms with Crippen LogP contribution in [0.3, 0.4) is 0 Å². The summed E-state index contributed by atoms with van der Waals surface area (Å²) < 4.78 is 20.4. The standard InChI is InChI=1S/C15H15Cl2FN2O2/c1-9-7-19-20(8-9)6-5-13(21)22-10(2)14-11(16)3-4-12(18)15(14)17/h3-4,7-8,10H,5-6H2,1-2H3. The lowest BCUT2D eigenvalue weighted by molar-refractivity contribution is -0.148. The Hall–Kier alpha value is -1.59. The van der Waals surface area contributed by atoms with E-state index in [0.717, 1.165) is 5.56 Å². The third-order valence-corrected chi connectivity index (χ3v) is 3.82. The Bertz CT molecular complexity index is 688. The average Bonchev–Trinajstić information content (AvgIpc) is 2.87. The Labute approximate surface area is 137 Å². The van der Waals surface area contributed by atoms with Crippen LogP contribution in [0.1, 0.15) is 30.6 Å². The molecule has 4 nitrogen and oxygen atoms in total. The first-order chi connectivity index (χ1) is 10.4. The van der Waals surface area contributed by atoms with E-state index in [-0.39, 0.29) is 22.0 Å². The molecule has 1 aromatic heterocycles. The summed E-state index contributed by atoms with van der Waals surface area (Å²) in [6, 6.07) is 2.55. The molecular formula is C15H15Cl2FN2O2. The van der Waals surface area contributed by atoms with Crippen LogP contribution in [-0.4, -0.2) is 15.7 Å². The lowest BCUT2D eigenvalue weighted by Gasteiger charge is -2.16. The first-order valence-electron chi connectivity index (χ1n) is 6.70. The predicted octanol–water partition coefficient (Wildman–Crippen LogP) is 4.33. The Kier molecular flexibility index (Phi) is 5.42. The second-order valence-electron chi connectivity index (χ2n) is 4.92. The molecule has 0 aliphatic rings. The minimum absolute atomic E-state index is 0.129. The highest BCUT2D eigenvalue weighted by molar-refractivity contribution is 6.36. The quantitative estimate of drug-likeness (QED) is 0.598. The van der Waals surface area contributed by atoms with E-state index in [1.54, 1.807) is 17.8 Å². The molecule has 22 heavy (non-hydrogen) atoms. The molecule has 0 radical (unpaired) electrons. The summed E-state index contributed by atoms with van der Waals surface area (Å²) in [7, 11) is 0. The monoisotopic (exact) mass is 344 g/mol. The van der Waals surface area contributed by atoms with Crippen LogP contribution in [0.4, 0.5) is 4.39 Å². The molecule has 0 aliphatic heterocycles. The van der Waals surface area contributed by atoms with Crippen molar-refractivity contribution in [2.24, 2.45) is 0 Å². The SMILES string of the molecule is Cc1cnn(CCC(=O)OC(C)c2c(Cl)ccc(F)c2Cl)c1. The minimum atomic E-state index is -0.734. The van der Waals surface area contributed by atoms with E-state index in [2.05, 4.69) is 5.10 Å². The summed E-state index contributed by atoms with van der Waals surface area (Å²) in [5.74, 6) is -1.03. The highest BCUT2D eigenvalue weighted by Crippen LogP contribution is 2.34. The molecule has 0 spiro atoms. The van der Waals surface area contributed by atoms with Gasteiger partial charge in [-0.3, -0.25) is 9.48 Å². The van der Waals surface area contributed by atoms with Gasteiger partial charge in [0.2, 0.25) is 0 Å². The normalized spacial score (nSPS) is 12.2. The van der Waals surface area contributed by atoms with Gasteiger partial charge in [0.1, 0.15) is 11.9 Å². The van der Waals surface area contributed by atoms with Gasteiger partial charge >= 0.3 is 5.97 Å². The minimum Gasteiger partial charge on any atom is -0.458 e. The number of esters is 1. The van der Waals surface area contributed by atoms with E-state index in [9.17, 15) is 9.18 Å². The van der Waals surface area contributed by atoms with Crippen LogP contribution >= 0.6 is 23.2 Å². The maximum absolute atomic E-state index is 13.5. The number of ether oxygens (including phenoxy) is 1. The summed E-state index contributed by atoms with van der Waals surface area (Å²) in [4.78, 5) is 11.9. The molecule has 2 rings (SSSR count). The lowest BCUT2D eigenvalue weighted by atomic mass is 10.1. The Morgan fingerprint density at radius 3 is 2.82 bits per heavy atom. The van der Waals surface area contributed by atoms with Gasteiger partial charge in [0, 0.05) is 16.8 Å². The van der Waals surface area contributed by atoms with Crippen LogP contribution in [0.2, 0.25) is 10.0 Å². The van der Waals surface area contributed by atoms with Crippen molar-refractivity contribution in [1.29, 1.82) is 0 Å². The van der Waals surface area contributed by atoms with Gasteiger partial charge in [-0.25, -0.2) is 4.39 Å². The van der Waals surface area contributed by atoms with Crippen molar-refractivity contribution >= 4 is 29.2 Å². The van der Waals surface area contributed by atoms with Crippen LogP contribution in [0, 0.1) is 12.7 Å². The molecule has 1 heterocycles. The first kappa shape index (κ1) is 16.8. The molecule has 0 fully saturated rings. The molecule has 7 heteroatoms. The second-order valence-corrected chi connectivity index (χ2v) is 5.70. The fourth-order valence-corrected chi connectivity index (χ4v) is 2.70. The molecule has 0 aliphatic carbocycles. The van der Waals surface area contributed by atoms with Crippen LogP contribution in [-0.2, 0) is 16.1 Å². The van der Waals surface area contributed by atoms with Crippen LogP contribution in [0.15, 0.2) is 24.5 Å². The molecule has 0 N–H and O–H groups in total. The molecule has 1 atom stereocenters. The number of hydrogen-bond donors (Lipinski definition) is 0. The van der Waals surface area contributed by atoms with Crippen molar-refractivity contribution in [2.75, 3.05) is 0 Å². The number of rotatable bonds is 5. The van der Waals surface area contributed by atoms with Crippen molar-refractivity contribution in [3.63, 3.8) is 0 Å². The van der Waals surface area contributed by atoms with Crippen molar-refractivity contribution in [1.82, 2.24) is 9.78 Å². The molecule has 1 unspecified atom stereocenters. The largest absolute Gasteiger partial charge is 0.458 e. The number of nitrogens with zero attached hydrogens (tertiary/aromatic N) is 2. The third kappa shape index (κ3) is 3.99. The van der Waals surface area contributed by atoms with Crippen LogP contribution in [0.5, 0.6) is 0 Å². The second kappa shape index (κ2) is 7.11. The van der Waals surface area contributed by atoms with Gasteiger partial charge in [-0.15, -0.1) is 0 Å². The highest BCUT2D eigenvalue weighted by Gasteiger charge is 2.20. The lowest BCUT2D eigenvalue weighted by Crippen LogP contribution is -2.13. The summed E-state index contributed by atoms with van der Waals surface area (Å²) in [5, 5.41) is 4.21. The molecule has 0 saturated heterocycles. The van der Waals surface area contributed by atoms with E-state index in [1.807, 2.05) is 13.1 Å². The Morgan fingerprint density at radius 1 is 1.45 bits per heavy atom. The van der Waals surface area contributed by atoms with Gasteiger partial charge in [0.15, 0.2) is 0 Å². The maximum atomic E-state index is 13.5. The Morgan fingerprint density at radius 2 is 2.18 bits per heavy atom. The van der Waals surface area contributed by atoms with E-state index in [1.165, 1.54) is 12.1 Å². The Balaban J connectivity index is 1.98. The van der Waals surface area contributed by atoms with E-state index >= 15 is 0 Å². The fourth-order valence-electron chi connectivity index (χ4n) is 2.03. The molecule has 0 bridgehead atoms. The van der Waals surface area contributed by atoms with E-state index in [0.29, 0.717) is 6.54 Å². The molecule has 1 aromatic carbocycles. The molecule has 118 valence electrons. The van der Waals surface area contributed by atoms with Gasteiger partial charge < -0.3 is 4.74 Å². The number of benzene rings is 1. The third-order valence-electron chi connectivity index (χ3n) is 3.10. The number of carbonyl (C=O) groups is 1. The van der Waals surface area contributed by atoms with Crippen molar-refractivity contribution in [2.45, 2.75) is 32.9 Å². The van der Waals surface area contributed by atoms with Crippen molar-refractivity contribution in [3.8, 4) is 0 Å². The smallest absolute Gasteiger partial charge is 0.308 e. The number of aromatic nitrogens is 2. The zero-order valence-corrected chi connectivity index (χ0v) is 13.7. The highest BCUT2D eigenvalue weighted by atomic mass is 35.5. The zero-order chi connectivity index (χ0) is 16.3. The predicted molar refractivity (Wildman–Crippen MR) is 82.5 cm³/mol. The number of halogens is 3. The summed E-state index contributed by atoms with van der Waals surface area (Å²) in [6.07, 6.45) is 2.95. The number of hydrogen-bond acceptors (Lipinski definition) is 3. The summed E-state index contributed by atoms with van der Waals surface area (Å²) in [6.45, 7) is 3.92. The van der Waals surface area contributed by atoms with Gasteiger partial charge in [-0.2, -0.15) is 5.10 Å². The first-order valence-corrected chi connectivity index (χ1v) is 7.46. The summed E-state index contributed by atoms with van der Waals surface area (Å²) >= 11 is 11.9. The van der Waals surface area contributed by atoms with Gasteiger partial charge in [-0.1, -0.05) is 23.2 Å². The number of aryl methyl sites for hydroxylation is 2. The van der Waals surface area contributed by atoms with Gasteiger partial charge in [0.05, 0.1) is 24.2 Å². The van der Waals surface area contributed by atoms with Gasteiger partial charge in [-0.05, 0) is 31.5 Å².